The van der Waals surface area contributed by atoms with Crippen molar-refractivity contribution in [2.45, 2.75) is 25.3 Å². The average Bonchev–Trinajstić information content (AvgIpc) is 2.64. The second-order valence-corrected chi connectivity index (χ2v) is 4.29. The Morgan fingerprint density at radius 2 is 2.29 bits per heavy atom. The minimum Gasteiger partial charge on any atom is -0.465 e. The van der Waals surface area contributed by atoms with Gasteiger partial charge in [0, 0.05) is 5.92 Å². The van der Waals surface area contributed by atoms with E-state index in [1.54, 1.807) is 6.92 Å². The number of carbonyl (C=O) groups is 1. The summed E-state index contributed by atoms with van der Waals surface area (Å²) in [4.78, 5) is 11.7. The molecule has 1 aliphatic carbocycles. The van der Waals surface area contributed by atoms with E-state index in [9.17, 15) is 4.79 Å². The molecule has 17 heavy (non-hydrogen) atoms. The largest absolute Gasteiger partial charge is 0.465 e. The molecule has 0 fully saturated rings. The van der Waals surface area contributed by atoms with Crippen molar-refractivity contribution in [1.29, 1.82) is 0 Å². The summed E-state index contributed by atoms with van der Waals surface area (Å²) in [5.41, 5.74) is 9.29. The van der Waals surface area contributed by atoms with Crippen LogP contribution in [-0.2, 0) is 16.0 Å². The lowest BCUT2D eigenvalue weighted by Crippen LogP contribution is -2.38. The maximum atomic E-state index is 11.7. The molecule has 3 nitrogen and oxygen atoms in total. The number of nitrogens with two attached hydrogens (primary N) is 1. The van der Waals surface area contributed by atoms with Gasteiger partial charge in [0.15, 0.2) is 0 Å². The van der Waals surface area contributed by atoms with E-state index in [0.717, 1.165) is 17.6 Å². The fourth-order valence-corrected chi connectivity index (χ4v) is 2.40. The molecule has 1 aliphatic rings. The third-order valence-corrected chi connectivity index (χ3v) is 3.17. The molecule has 90 valence electrons. The van der Waals surface area contributed by atoms with Crippen LogP contribution >= 0.6 is 0 Å². The minimum absolute atomic E-state index is 0.106. The maximum Gasteiger partial charge on any atom is 0.323 e. The third-order valence-electron chi connectivity index (χ3n) is 3.17. The fraction of sp³-hybridized carbons (Fsp3) is 0.357. The van der Waals surface area contributed by atoms with Crippen molar-refractivity contribution in [2.24, 2.45) is 5.73 Å². The van der Waals surface area contributed by atoms with Gasteiger partial charge in [-0.2, -0.15) is 0 Å². The van der Waals surface area contributed by atoms with Crippen molar-refractivity contribution < 1.29 is 9.53 Å². The van der Waals surface area contributed by atoms with E-state index >= 15 is 0 Å². The molecule has 2 atom stereocenters. The van der Waals surface area contributed by atoms with Crippen LogP contribution < -0.4 is 5.73 Å². The lowest BCUT2D eigenvalue weighted by Gasteiger charge is -2.19. The Hall–Kier alpha value is -1.61. The lowest BCUT2D eigenvalue weighted by atomic mass is 9.91. The first kappa shape index (κ1) is 11.9. The zero-order valence-electron chi connectivity index (χ0n) is 9.98. The number of ether oxygens (including phenoxy) is 1. The van der Waals surface area contributed by atoms with E-state index in [2.05, 4.69) is 12.6 Å². The van der Waals surface area contributed by atoms with Crippen molar-refractivity contribution in [3.05, 3.63) is 47.5 Å². The van der Waals surface area contributed by atoms with E-state index in [-0.39, 0.29) is 11.9 Å². The van der Waals surface area contributed by atoms with Crippen LogP contribution in [0, 0.1) is 0 Å². The van der Waals surface area contributed by atoms with Gasteiger partial charge in [0.1, 0.15) is 6.04 Å². The molecule has 0 heterocycles. The number of esters is 1. The molecule has 0 aromatic heterocycles. The van der Waals surface area contributed by atoms with Gasteiger partial charge in [0.25, 0.3) is 0 Å². The predicted molar refractivity (Wildman–Crippen MR) is 66.6 cm³/mol. The average molecular weight is 231 g/mol. The van der Waals surface area contributed by atoms with Gasteiger partial charge in [0.05, 0.1) is 6.61 Å². The quantitative estimate of drug-likeness (QED) is 0.637. The van der Waals surface area contributed by atoms with E-state index < -0.39 is 6.04 Å². The highest BCUT2D eigenvalue weighted by molar-refractivity contribution is 5.78. The normalized spacial score (nSPS) is 19.9. The fourth-order valence-electron chi connectivity index (χ4n) is 2.40. The highest BCUT2D eigenvalue weighted by Crippen LogP contribution is 2.38. The van der Waals surface area contributed by atoms with Crippen molar-refractivity contribution in [3.8, 4) is 0 Å². The van der Waals surface area contributed by atoms with Crippen LogP contribution in [0.1, 0.15) is 24.0 Å². The van der Waals surface area contributed by atoms with Crippen molar-refractivity contribution in [3.63, 3.8) is 0 Å². The molecular formula is C14H17NO2. The zero-order valence-corrected chi connectivity index (χ0v) is 9.98. The van der Waals surface area contributed by atoms with E-state index in [4.69, 9.17) is 10.5 Å². The standard InChI is InChI=1S/C14H17NO2/c1-3-17-14(16)13(15)12-9(2)8-10-6-4-5-7-11(10)12/h4-7,12-13H,2-3,8,15H2,1H3. The van der Waals surface area contributed by atoms with Gasteiger partial charge in [0.2, 0.25) is 0 Å². The molecule has 0 spiro atoms. The van der Waals surface area contributed by atoms with Gasteiger partial charge >= 0.3 is 5.97 Å². The van der Waals surface area contributed by atoms with Crippen LogP contribution in [0.4, 0.5) is 0 Å². The number of benzene rings is 1. The number of hydrogen-bond acceptors (Lipinski definition) is 3. The first-order valence-corrected chi connectivity index (χ1v) is 5.82. The number of fused-ring (bicyclic) bond motifs is 1. The highest BCUT2D eigenvalue weighted by Gasteiger charge is 2.34. The van der Waals surface area contributed by atoms with Crippen LogP contribution in [0.25, 0.3) is 0 Å². The van der Waals surface area contributed by atoms with Gasteiger partial charge in [-0.15, -0.1) is 0 Å². The summed E-state index contributed by atoms with van der Waals surface area (Å²) in [5, 5.41) is 0. The van der Waals surface area contributed by atoms with Crippen molar-refractivity contribution in [1.82, 2.24) is 0 Å². The third kappa shape index (κ3) is 2.11. The Labute approximate surface area is 101 Å². The summed E-state index contributed by atoms with van der Waals surface area (Å²) in [7, 11) is 0. The van der Waals surface area contributed by atoms with E-state index in [1.165, 1.54) is 5.56 Å². The van der Waals surface area contributed by atoms with Crippen LogP contribution in [0.5, 0.6) is 0 Å². The van der Waals surface area contributed by atoms with Crippen LogP contribution in [0.15, 0.2) is 36.4 Å². The van der Waals surface area contributed by atoms with E-state index in [1.807, 2.05) is 18.2 Å². The first-order chi connectivity index (χ1) is 8.15. The second kappa shape index (κ2) is 4.72. The highest BCUT2D eigenvalue weighted by atomic mass is 16.5. The molecule has 2 rings (SSSR count). The topological polar surface area (TPSA) is 52.3 Å². The van der Waals surface area contributed by atoms with Crippen molar-refractivity contribution in [2.75, 3.05) is 6.61 Å². The Morgan fingerprint density at radius 1 is 1.59 bits per heavy atom. The maximum absolute atomic E-state index is 11.7. The Kier molecular flexibility index (Phi) is 3.29. The van der Waals surface area contributed by atoms with Crippen molar-refractivity contribution >= 4 is 5.97 Å². The second-order valence-electron chi connectivity index (χ2n) is 4.29. The molecule has 0 amide bonds. The Balaban J connectivity index is 2.27. The van der Waals surface area contributed by atoms with Gasteiger partial charge in [-0.25, -0.2) is 0 Å². The summed E-state index contributed by atoms with van der Waals surface area (Å²) in [6, 6.07) is 7.37. The summed E-state index contributed by atoms with van der Waals surface area (Å²) in [6.07, 6.45) is 0.800. The number of hydrogen-bond donors (Lipinski definition) is 1. The molecule has 0 aliphatic heterocycles. The smallest absolute Gasteiger partial charge is 0.323 e. The molecule has 0 radical (unpaired) electrons. The summed E-state index contributed by atoms with van der Waals surface area (Å²) in [6.45, 7) is 6.16. The van der Waals surface area contributed by atoms with Crippen LogP contribution in [-0.4, -0.2) is 18.6 Å². The van der Waals surface area contributed by atoms with Crippen LogP contribution in [0.3, 0.4) is 0 Å². The summed E-state index contributed by atoms with van der Waals surface area (Å²) >= 11 is 0. The van der Waals surface area contributed by atoms with Gasteiger partial charge in [-0.05, 0) is 24.5 Å². The monoisotopic (exact) mass is 231 g/mol. The SMILES string of the molecule is C=C1Cc2ccccc2C1C(N)C(=O)OCC. The zero-order chi connectivity index (χ0) is 12.4. The van der Waals surface area contributed by atoms with Gasteiger partial charge < -0.3 is 10.5 Å². The molecular weight excluding hydrogens is 214 g/mol. The Bertz CT molecular complexity index is 453. The molecule has 1 aromatic rings. The predicted octanol–water partition coefficient (Wildman–Crippen LogP) is 1.77. The molecule has 3 heteroatoms. The number of carbonyl (C=O) groups excluding carboxylic acids is 1. The summed E-state index contributed by atoms with van der Waals surface area (Å²) in [5.74, 6) is -0.458. The summed E-state index contributed by atoms with van der Waals surface area (Å²) < 4.78 is 4.97. The molecule has 0 bridgehead atoms. The molecule has 2 unspecified atom stereocenters. The molecule has 0 saturated carbocycles. The van der Waals surface area contributed by atoms with Gasteiger partial charge in [-0.1, -0.05) is 36.4 Å². The first-order valence-electron chi connectivity index (χ1n) is 5.82. The number of rotatable bonds is 3. The van der Waals surface area contributed by atoms with Crippen LogP contribution in [0.2, 0.25) is 0 Å². The molecule has 0 saturated heterocycles. The van der Waals surface area contributed by atoms with E-state index in [0.29, 0.717) is 6.61 Å². The lowest BCUT2D eigenvalue weighted by molar-refractivity contribution is -0.145. The molecule has 1 aromatic carbocycles. The minimum atomic E-state index is -0.647. The molecule has 2 N–H and O–H groups in total. The van der Waals surface area contributed by atoms with Gasteiger partial charge in [-0.3, -0.25) is 4.79 Å². The Morgan fingerprint density at radius 3 is 3.00 bits per heavy atom.